The van der Waals surface area contributed by atoms with Crippen molar-refractivity contribution in [2.45, 2.75) is 38.4 Å². The Morgan fingerprint density at radius 3 is 2.78 bits per heavy atom. The maximum atomic E-state index is 12.2. The standard InChI is InChI=1S/C21H25N3O3/c1-27-21(26)18-6-4-16(5-7-18)13-23-12-10-19-8-9-20(25)24(19)15-17-3-2-11-22-14-17/h2-7,11,14,19,23H,8-10,12-13,15H2,1H3. The first-order valence-corrected chi connectivity index (χ1v) is 9.23. The highest BCUT2D eigenvalue weighted by atomic mass is 16.5. The molecule has 1 fully saturated rings. The van der Waals surface area contributed by atoms with Crippen LogP contribution in [0.15, 0.2) is 48.8 Å². The molecule has 1 atom stereocenters. The van der Waals surface area contributed by atoms with Crippen molar-refractivity contribution in [1.82, 2.24) is 15.2 Å². The SMILES string of the molecule is COC(=O)c1ccc(CNCCC2CCC(=O)N2Cc2cccnc2)cc1. The number of likely N-dealkylation sites (tertiary alicyclic amines) is 1. The largest absolute Gasteiger partial charge is 0.465 e. The molecule has 0 aliphatic carbocycles. The lowest BCUT2D eigenvalue weighted by Crippen LogP contribution is -2.34. The van der Waals surface area contributed by atoms with E-state index in [4.69, 9.17) is 4.74 Å². The van der Waals surface area contributed by atoms with E-state index in [0.29, 0.717) is 18.5 Å². The number of nitrogens with one attached hydrogen (secondary N) is 1. The van der Waals surface area contributed by atoms with Gasteiger partial charge in [-0.1, -0.05) is 18.2 Å². The van der Waals surface area contributed by atoms with Crippen LogP contribution in [-0.2, 0) is 22.6 Å². The number of hydrogen-bond acceptors (Lipinski definition) is 5. The van der Waals surface area contributed by atoms with Crippen molar-refractivity contribution in [1.29, 1.82) is 0 Å². The molecule has 0 saturated carbocycles. The van der Waals surface area contributed by atoms with Crippen molar-refractivity contribution in [3.05, 3.63) is 65.5 Å². The smallest absolute Gasteiger partial charge is 0.337 e. The first kappa shape index (κ1) is 19.0. The summed E-state index contributed by atoms with van der Waals surface area (Å²) in [5.74, 6) is -0.101. The number of esters is 1. The van der Waals surface area contributed by atoms with Gasteiger partial charge >= 0.3 is 5.97 Å². The van der Waals surface area contributed by atoms with Crippen molar-refractivity contribution in [3.63, 3.8) is 0 Å². The van der Waals surface area contributed by atoms with Gasteiger partial charge in [-0.25, -0.2) is 4.79 Å². The molecule has 6 heteroatoms. The molecule has 2 heterocycles. The van der Waals surface area contributed by atoms with Crippen LogP contribution < -0.4 is 5.32 Å². The molecule has 1 aromatic heterocycles. The van der Waals surface area contributed by atoms with Crippen molar-refractivity contribution in [2.75, 3.05) is 13.7 Å². The van der Waals surface area contributed by atoms with E-state index in [0.717, 1.165) is 37.1 Å². The lowest BCUT2D eigenvalue weighted by molar-refractivity contribution is -0.129. The Morgan fingerprint density at radius 2 is 2.07 bits per heavy atom. The molecule has 0 radical (unpaired) electrons. The van der Waals surface area contributed by atoms with Crippen molar-refractivity contribution < 1.29 is 14.3 Å². The monoisotopic (exact) mass is 367 g/mol. The minimum Gasteiger partial charge on any atom is -0.465 e. The summed E-state index contributed by atoms with van der Waals surface area (Å²) in [4.78, 5) is 29.8. The van der Waals surface area contributed by atoms with Gasteiger partial charge in [0.2, 0.25) is 5.91 Å². The molecular weight excluding hydrogens is 342 g/mol. The maximum Gasteiger partial charge on any atom is 0.337 e. The minimum absolute atomic E-state index is 0.224. The van der Waals surface area contributed by atoms with Gasteiger partial charge in [0, 0.05) is 37.9 Å². The van der Waals surface area contributed by atoms with Gasteiger partial charge in [-0.15, -0.1) is 0 Å². The summed E-state index contributed by atoms with van der Waals surface area (Å²) >= 11 is 0. The Balaban J connectivity index is 1.45. The van der Waals surface area contributed by atoms with E-state index < -0.39 is 0 Å². The van der Waals surface area contributed by atoms with Gasteiger partial charge in [0.15, 0.2) is 0 Å². The number of methoxy groups -OCH3 is 1. The predicted molar refractivity (Wildman–Crippen MR) is 102 cm³/mol. The summed E-state index contributed by atoms with van der Waals surface area (Å²) in [6.45, 7) is 2.19. The van der Waals surface area contributed by atoms with Crippen LogP contribution in [0.1, 0.15) is 40.7 Å². The molecule has 1 unspecified atom stereocenters. The van der Waals surface area contributed by atoms with Crippen LogP contribution in [0.2, 0.25) is 0 Å². The van der Waals surface area contributed by atoms with E-state index in [1.807, 2.05) is 35.4 Å². The summed E-state index contributed by atoms with van der Waals surface area (Å²) < 4.78 is 4.70. The third kappa shape index (κ3) is 5.14. The highest BCUT2D eigenvalue weighted by Gasteiger charge is 2.30. The van der Waals surface area contributed by atoms with Crippen molar-refractivity contribution >= 4 is 11.9 Å². The van der Waals surface area contributed by atoms with Gasteiger partial charge in [0.25, 0.3) is 0 Å². The Kier molecular flexibility index (Phi) is 6.54. The number of hydrogen-bond donors (Lipinski definition) is 1. The molecule has 0 bridgehead atoms. The first-order chi connectivity index (χ1) is 13.2. The van der Waals surface area contributed by atoms with E-state index in [2.05, 4.69) is 10.3 Å². The van der Waals surface area contributed by atoms with Gasteiger partial charge in [-0.05, 0) is 48.7 Å². The summed E-state index contributed by atoms with van der Waals surface area (Å²) in [5.41, 5.74) is 2.73. The zero-order chi connectivity index (χ0) is 19.1. The number of amides is 1. The maximum absolute atomic E-state index is 12.2. The van der Waals surface area contributed by atoms with Gasteiger partial charge in [-0.2, -0.15) is 0 Å². The van der Waals surface area contributed by atoms with Gasteiger partial charge < -0.3 is 15.0 Å². The number of pyridine rings is 1. The molecule has 6 nitrogen and oxygen atoms in total. The summed E-state index contributed by atoms with van der Waals surface area (Å²) in [6, 6.07) is 11.6. The number of nitrogens with zero attached hydrogens (tertiary/aromatic N) is 2. The second-order valence-corrected chi connectivity index (χ2v) is 6.73. The average molecular weight is 367 g/mol. The number of rotatable bonds is 8. The van der Waals surface area contributed by atoms with E-state index >= 15 is 0 Å². The fraction of sp³-hybridized carbons (Fsp3) is 0.381. The molecule has 1 amide bonds. The molecule has 1 saturated heterocycles. The molecule has 2 aromatic rings. The molecule has 1 N–H and O–H groups in total. The lowest BCUT2D eigenvalue weighted by atomic mass is 10.1. The van der Waals surface area contributed by atoms with E-state index in [1.165, 1.54) is 7.11 Å². The van der Waals surface area contributed by atoms with Crippen LogP contribution in [0.4, 0.5) is 0 Å². The Hall–Kier alpha value is -2.73. The zero-order valence-electron chi connectivity index (χ0n) is 15.6. The van der Waals surface area contributed by atoms with Crippen LogP contribution in [0, 0.1) is 0 Å². The number of carbonyl (C=O) groups is 2. The number of aromatic nitrogens is 1. The van der Waals surface area contributed by atoms with Crippen molar-refractivity contribution in [3.8, 4) is 0 Å². The highest BCUT2D eigenvalue weighted by molar-refractivity contribution is 5.89. The second-order valence-electron chi connectivity index (χ2n) is 6.73. The number of benzene rings is 1. The van der Waals surface area contributed by atoms with Crippen LogP contribution >= 0.6 is 0 Å². The van der Waals surface area contributed by atoms with Gasteiger partial charge in [0.1, 0.15) is 0 Å². The molecule has 1 aliphatic rings. The molecule has 142 valence electrons. The Bertz CT molecular complexity index is 762. The van der Waals surface area contributed by atoms with Crippen molar-refractivity contribution in [2.24, 2.45) is 0 Å². The fourth-order valence-electron chi connectivity index (χ4n) is 3.38. The normalized spacial score (nSPS) is 16.6. The molecular formula is C21H25N3O3. The third-order valence-corrected chi connectivity index (χ3v) is 4.89. The molecule has 3 rings (SSSR count). The Morgan fingerprint density at radius 1 is 1.26 bits per heavy atom. The second kappa shape index (κ2) is 9.28. The van der Waals surface area contributed by atoms with Crippen LogP contribution in [0.5, 0.6) is 0 Å². The quantitative estimate of drug-likeness (QED) is 0.573. The number of carbonyl (C=O) groups excluding carboxylic acids is 2. The molecule has 0 spiro atoms. The summed E-state index contributed by atoms with van der Waals surface area (Å²) in [5, 5.41) is 3.42. The minimum atomic E-state index is -0.325. The predicted octanol–water partition coefficient (Wildman–Crippen LogP) is 2.54. The van der Waals surface area contributed by atoms with E-state index in [-0.39, 0.29) is 17.9 Å². The summed E-state index contributed by atoms with van der Waals surface area (Å²) in [6.07, 6.45) is 6.02. The van der Waals surface area contributed by atoms with Gasteiger partial charge in [0.05, 0.1) is 12.7 Å². The fourth-order valence-corrected chi connectivity index (χ4v) is 3.38. The van der Waals surface area contributed by atoms with Crippen LogP contribution in [-0.4, -0.2) is 41.5 Å². The third-order valence-electron chi connectivity index (χ3n) is 4.89. The summed E-state index contributed by atoms with van der Waals surface area (Å²) in [7, 11) is 1.38. The molecule has 1 aliphatic heterocycles. The number of ether oxygens (including phenoxy) is 1. The van der Waals surface area contributed by atoms with Crippen LogP contribution in [0.25, 0.3) is 0 Å². The molecule has 27 heavy (non-hydrogen) atoms. The highest BCUT2D eigenvalue weighted by Crippen LogP contribution is 2.23. The Labute approximate surface area is 159 Å². The van der Waals surface area contributed by atoms with E-state index in [1.54, 1.807) is 18.3 Å². The first-order valence-electron chi connectivity index (χ1n) is 9.23. The lowest BCUT2D eigenvalue weighted by Gasteiger charge is -2.25. The van der Waals surface area contributed by atoms with Crippen LogP contribution in [0.3, 0.4) is 0 Å². The molecule has 1 aromatic carbocycles. The average Bonchev–Trinajstić information content (AvgIpc) is 3.05. The zero-order valence-corrected chi connectivity index (χ0v) is 15.6. The van der Waals surface area contributed by atoms with Gasteiger partial charge in [-0.3, -0.25) is 9.78 Å². The van der Waals surface area contributed by atoms with E-state index in [9.17, 15) is 9.59 Å². The topological polar surface area (TPSA) is 71.5 Å².